The zero-order valence-electron chi connectivity index (χ0n) is 8.92. The number of halogens is 1. The molecule has 0 amide bonds. The van der Waals surface area contributed by atoms with Crippen molar-refractivity contribution in [2.24, 2.45) is 0 Å². The van der Waals surface area contributed by atoms with Crippen LogP contribution in [-0.4, -0.2) is 17.6 Å². The largest absolute Gasteiger partial charge is 0.466 e. The highest BCUT2D eigenvalue weighted by Gasteiger charge is 2.10. The molecule has 0 bridgehead atoms. The van der Waals surface area contributed by atoms with E-state index in [9.17, 15) is 4.79 Å². The second kappa shape index (κ2) is 4.70. The molecule has 84 valence electrons. The lowest BCUT2D eigenvalue weighted by Gasteiger charge is -2.00. The van der Waals surface area contributed by atoms with E-state index in [1.54, 1.807) is 0 Å². The number of carbonyl (C=O) groups is 1. The van der Waals surface area contributed by atoms with Gasteiger partial charge in [0.05, 0.1) is 18.5 Å². The highest BCUT2D eigenvalue weighted by atomic mass is 79.9. The Kier molecular flexibility index (Phi) is 3.29. The molecule has 1 heterocycles. The van der Waals surface area contributed by atoms with E-state index >= 15 is 0 Å². The molecule has 0 radical (unpaired) electrons. The number of fused-ring (bicyclic) bond motifs is 1. The van der Waals surface area contributed by atoms with Crippen LogP contribution < -0.4 is 0 Å². The standard InChI is InChI=1S/C12H12BrNO2/c1-2-16-11(15)6-8-7-14-12-9(8)4-3-5-10(12)13/h3-5,7,14H,2,6H2,1H3. The van der Waals surface area contributed by atoms with Gasteiger partial charge in [-0.15, -0.1) is 0 Å². The van der Waals surface area contributed by atoms with Crippen LogP contribution in [0.4, 0.5) is 0 Å². The molecule has 0 spiro atoms. The van der Waals surface area contributed by atoms with Gasteiger partial charge in [0.2, 0.25) is 0 Å². The molecule has 1 N–H and O–H groups in total. The van der Waals surface area contributed by atoms with Gasteiger partial charge in [0, 0.05) is 16.1 Å². The third-order valence-electron chi connectivity index (χ3n) is 2.39. The van der Waals surface area contributed by atoms with Gasteiger partial charge in [-0.25, -0.2) is 0 Å². The molecule has 2 rings (SSSR count). The molecule has 16 heavy (non-hydrogen) atoms. The van der Waals surface area contributed by atoms with Crippen molar-refractivity contribution in [3.63, 3.8) is 0 Å². The van der Waals surface area contributed by atoms with Gasteiger partial charge in [-0.05, 0) is 34.5 Å². The van der Waals surface area contributed by atoms with E-state index in [1.165, 1.54) is 0 Å². The number of H-pyrrole nitrogens is 1. The van der Waals surface area contributed by atoms with Crippen molar-refractivity contribution in [3.05, 3.63) is 34.4 Å². The Hall–Kier alpha value is -1.29. The molecule has 2 aromatic rings. The summed E-state index contributed by atoms with van der Waals surface area (Å²) in [7, 11) is 0. The quantitative estimate of drug-likeness (QED) is 0.879. The van der Waals surface area contributed by atoms with Crippen LogP contribution in [0.25, 0.3) is 10.9 Å². The first-order valence-corrected chi connectivity index (χ1v) is 5.91. The molecule has 0 saturated heterocycles. The number of para-hydroxylation sites is 1. The van der Waals surface area contributed by atoms with Gasteiger partial charge in [0.15, 0.2) is 0 Å². The Labute approximate surface area is 102 Å². The molecule has 1 aromatic carbocycles. The Morgan fingerprint density at radius 3 is 3.06 bits per heavy atom. The van der Waals surface area contributed by atoms with Crippen LogP contribution in [0.1, 0.15) is 12.5 Å². The number of ether oxygens (including phenoxy) is 1. The van der Waals surface area contributed by atoms with E-state index in [0.29, 0.717) is 13.0 Å². The summed E-state index contributed by atoms with van der Waals surface area (Å²) in [5, 5.41) is 1.06. The van der Waals surface area contributed by atoms with E-state index in [-0.39, 0.29) is 5.97 Å². The fraction of sp³-hybridized carbons (Fsp3) is 0.250. The maximum absolute atomic E-state index is 11.4. The molecule has 0 fully saturated rings. The SMILES string of the molecule is CCOC(=O)Cc1c[nH]c2c(Br)cccc12. The molecule has 0 aliphatic heterocycles. The molecule has 0 aliphatic carbocycles. The van der Waals surface area contributed by atoms with Crippen molar-refractivity contribution < 1.29 is 9.53 Å². The lowest BCUT2D eigenvalue weighted by Crippen LogP contribution is -2.06. The van der Waals surface area contributed by atoms with E-state index in [2.05, 4.69) is 20.9 Å². The van der Waals surface area contributed by atoms with Crippen molar-refractivity contribution in [2.75, 3.05) is 6.61 Å². The minimum atomic E-state index is -0.191. The number of benzene rings is 1. The molecule has 3 nitrogen and oxygen atoms in total. The summed E-state index contributed by atoms with van der Waals surface area (Å²) >= 11 is 3.46. The minimum Gasteiger partial charge on any atom is -0.466 e. The topological polar surface area (TPSA) is 42.1 Å². The van der Waals surface area contributed by atoms with Gasteiger partial charge in [-0.1, -0.05) is 12.1 Å². The number of hydrogen-bond acceptors (Lipinski definition) is 2. The molecular formula is C12H12BrNO2. The summed E-state index contributed by atoms with van der Waals surface area (Å²) in [6.07, 6.45) is 2.16. The van der Waals surface area contributed by atoms with Gasteiger partial charge >= 0.3 is 5.97 Å². The fourth-order valence-corrected chi connectivity index (χ4v) is 2.17. The van der Waals surface area contributed by atoms with Crippen molar-refractivity contribution >= 4 is 32.8 Å². The molecule has 0 atom stereocenters. The van der Waals surface area contributed by atoms with Gasteiger partial charge in [-0.2, -0.15) is 0 Å². The van der Waals surface area contributed by atoms with Crippen molar-refractivity contribution in [2.45, 2.75) is 13.3 Å². The number of nitrogens with one attached hydrogen (secondary N) is 1. The summed E-state index contributed by atoms with van der Waals surface area (Å²) < 4.78 is 5.93. The van der Waals surface area contributed by atoms with Crippen LogP contribution in [0.3, 0.4) is 0 Å². The van der Waals surface area contributed by atoms with Crippen LogP contribution in [0.5, 0.6) is 0 Å². The van der Waals surface area contributed by atoms with Crippen LogP contribution in [0.2, 0.25) is 0 Å². The number of aromatic nitrogens is 1. The zero-order valence-corrected chi connectivity index (χ0v) is 10.5. The minimum absolute atomic E-state index is 0.191. The number of rotatable bonds is 3. The number of carbonyl (C=O) groups excluding carboxylic acids is 1. The average molecular weight is 282 g/mol. The summed E-state index contributed by atoms with van der Waals surface area (Å²) in [5.41, 5.74) is 1.98. The van der Waals surface area contributed by atoms with E-state index in [0.717, 1.165) is 20.9 Å². The maximum atomic E-state index is 11.4. The smallest absolute Gasteiger partial charge is 0.310 e. The Bertz CT molecular complexity index is 519. The Balaban J connectivity index is 2.32. The van der Waals surface area contributed by atoms with Crippen LogP contribution in [0, 0.1) is 0 Å². The fourth-order valence-electron chi connectivity index (χ4n) is 1.69. The third-order valence-corrected chi connectivity index (χ3v) is 3.05. The third kappa shape index (κ3) is 2.11. The van der Waals surface area contributed by atoms with Crippen LogP contribution in [-0.2, 0) is 16.0 Å². The Morgan fingerprint density at radius 1 is 1.50 bits per heavy atom. The van der Waals surface area contributed by atoms with Crippen molar-refractivity contribution in [3.8, 4) is 0 Å². The van der Waals surface area contributed by atoms with Crippen molar-refractivity contribution in [1.29, 1.82) is 0 Å². The summed E-state index contributed by atoms with van der Waals surface area (Å²) in [4.78, 5) is 14.5. The Morgan fingerprint density at radius 2 is 2.31 bits per heavy atom. The first-order valence-electron chi connectivity index (χ1n) is 5.12. The van der Waals surface area contributed by atoms with E-state index in [1.807, 2.05) is 31.3 Å². The first-order chi connectivity index (χ1) is 7.72. The van der Waals surface area contributed by atoms with E-state index < -0.39 is 0 Å². The lowest BCUT2D eigenvalue weighted by molar-refractivity contribution is -0.142. The van der Waals surface area contributed by atoms with Crippen LogP contribution in [0.15, 0.2) is 28.9 Å². The van der Waals surface area contributed by atoms with E-state index in [4.69, 9.17) is 4.74 Å². The van der Waals surface area contributed by atoms with Crippen LogP contribution >= 0.6 is 15.9 Å². The number of esters is 1. The van der Waals surface area contributed by atoms with Crippen molar-refractivity contribution in [1.82, 2.24) is 4.98 Å². The summed E-state index contributed by atoms with van der Waals surface area (Å²) in [5.74, 6) is -0.191. The van der Waals surface area contributed by atoms with Gasteiger partial charge < -0.3 is 9.72 Å². The second-order valence-corrected chi connectivity index (χ2v) is 4.31. The van der Waals surface area contributed by atoms with Gasteiger partial charge in [0.25, 0.3) is 0 Å². The predicted molar refractivity (Wildman–Crippen MR) is 66.3 cm³/mol. The predicted octanol–water partition coefficient (Wildman–Crippen LogP) is 3.04. The molecule has 4 heteroatoms. The summed E-state index contributed by atoms with van der Waals surface area (Å²) in [6.45, 7) is 2.23. The zero-order chi connectivity index (χ0) is 11.5. The monoisotopic (exact) mass is 281 g/mol. The highest BCUT2D eigenvalue weighted by Crippen LogP contribution is 2.25. The lowest BCUT2D eigenvalue weighted by atomic mass is 10.1. The van der Waals surface area contributed by atoms with Gasteiger partial charge in [-0.3, -0.25) is 4.79 Å². The second-order valence-electron chi connectivity index (χ2n) is 3.46. The molecule has 0 unspecified atom stereocenters. The molecule has 1 aromatic heterocycles. The molecular weight excluding hydrogens is 270 g/mol. The molecule has 0 aliphatic rings. The molecule has 0 saturated carbocycles. The number of hydrogen-bond donors (Lipinski definition) is 1. The van der Waals surface area contributed by atoms with Gasteiger partial charge in [0.1, 0.15) is 0 Å². The first kappa shape index (κ1) is 11.2. The average Bonchev–Trinajstić information content (AvgIpc) is 2.64. The highest BCUT2D eigenvalue weighted by molar-refractivity contribution is 9.10. The normalized spacial score (nSPS) is 10.6. The summed E-state index contributed by atoms with van der Waals surface area (Å²) in [6, 6.07) is 5.91. The number of aromatic amines is 1. The maximum Gasteiger partial charge on any atom is 0.310 e.